The van der Waals surface area contributed by atoms with Gasteiger partial charge in [0.2, 0.25) is 0 Å². The molecule has 0 atom stereocenters. The van der Waals surface area contributed by atoms with Crippen LogP contribution >= 0.6 is 0 Å². The maximum Gasteiger partial charge on any atom is 0.339 e. The molecule has 3 rings (SSSR count). The molecular weight excluding hydrogens is 228 g/mol. The fourth-order valence-corrected chi connectivity index (χ4v) is 2.57. The SMILES string of the molecule is CCCOc1ccc2c3c(c(=O)oc2c1)CCC3. The molecule has 18 heavy (non-hydrogen) atoms. The van der Waals surface area contributed by atoms with Gasteiger partial charge >= 0.3 is 5.63 Å². The van der Waals surface area contributed by atoms with Gasteiger partial charge in [-0.3, -0.25) is 0 Å². The molecule has 0 unspecified atom stereocenters. The minimum atomic E-state index is -0.178. The first-order valence-corrected chi connectivity index (χ1v) is 6.51. The summed E-state index contributed by atoms with van der Waals surface area (Å²) in [7, 11) is 0. The van der Waals surface area contributed by atoms with Gasteiger partial charge in [-0.2, -0.15) is 0 Å². The van der Waals surface area contributed by atoms with Gasteiger partial charge in [0.1, 0.15) is 11.3 Å². The molecule has 1 aliphatic rings. The topological polar surface area (TPSA) is 39.4 Å². The van der Waals surface area contributed by atoms with E-state index in [4.69, 9.17) is 9.15 Å². The summed E-state index contributed by atoms with van der Waals surface area (Å²) in [6, 6.07) is 5.79. The number of rotatable bonds is 3. The molecule has 0 aliphatic heterocycles. The van der Waals surface area contributed by atoms with Gasteiger partial charge in [0.25, 0.3) is 0 Å². The van der Waals surface area contributed by atoms with Gasteiger partial charge < -0.3 is 9.15 Å². The zero-order valence-electron chi connectivity index (χ0n) is 10.5. The Balaban J connectivity index is 2.13. The lowest BCUT2D eigenvalue weighted by Gasteiger charge is -2.07. The van der Waals surface area contributed by atoms with E-state index in [1.807, 2.05) is 18.2 Å². The van der Waals surface area contributed by atoms with Crippen LogP contribution in [-0.2, 0) is 12.8 Å². The van der Waals surface area contributed by atoms with Crippen LogP contribution in [0.3, 0.4) is 0 Å². The Bertz CT molecular complexity index is 640. The Morgan fingerprint density at radius 2 is 2.11 bits per heavy atom. The van der Waals surface area contributed by atoms with E-state index in [9.17, 15) is 4.79 Å². The van der Waals surface area contributed by atoms with Gasteiger partial charge in [-0.15, -0.1) is 0 Å². The molecule has 1 aromatic carbocycles. The van der Waals surface area contributed by atoms with Crippen molar-refractivity contribution in [2.75, 3.05) is 6.61 Å². The molecule has 0 saturated carbocycles. The van der Waals surface area contributed by atoms with Crippen molar-refractivity contribution in [2.45, 2.75) is 32.6 Å². The molecule has 0 saturated heterocycles. The Morgan fingerprint density at radius 3 is 2.94 bits per heavy atom. The van der Waals surface area contributed by atoms with Gasteiger partial charge in [-0.25, -0.2) is 4.79 Å². The molecule has 94 valence electrons. The number of hydrogen-bond donors (Lipinski definition) is 0. The summed E-state index contributed by atoms with van der Waals surface area (Å²) < 4.78 is 11.0. The Kier molecular flexibility index (Phi) is 2.82. The normalized spacial score (nSPS) is 13.8. The Morgan fingerprint density at radius 1 is 1.28 bits per heavy atom. The third-order valence-electron chi connectivity index (χ3n) is 3.42. The lowest BCUT2D eigenvalue weighted by Crippen LogP contribution is -2.07. The van der Waals surface area contributed by atoms with Crippen LogP contribution in [-0.4, -0.2) is 6.61 Å². The van der Waals surface area contributed by atoms with Crippen molar-refractivity contribution in [1.29, 1.82) is 0 Å². The van der Waals surface area contributed by atoms with Crippen molar-refractivity contribution < 1.29 is 9.15 Å². The van der Waals surface area contributed by atoms with Crippen LogP contribution in [0.1, 0.15) is 30.9 Å². The summed E-state index contributed by atoms with van der Waals surface area (Å²) in [5.41, 5.74) is 2.50. The van der Waals surface area contributed by atoms with Gasteiger partial charge in [-0.05, 0) is 43.4 Å². The Hall–Kier alpha value is -1.77. The monoisotopic (exact) mass is 244 g/mol. The highest BCUT2D eigenvalue weighted by Gasteiger charge is 2.19. The largest absolute Gasteiger partial charge is 0.493 e. The van der Waals surface area contributed by atoms with Gasteiger partial charge in [-0.1, -0.05) is 6.92 Å². The summed E-state index contributed by atoms with van der Waals surface area (Å²) in [5, 5.41) is 1.06. The van der Waals surface area contributed by atoms with E-state index in [1.54, 1.807) is 0 Å². The van der Waals surface area contributed by atoms with Crippen LogP contribution in [0.15, 0.2) is 27.4 Å². The summed E-state index contributed by atoms with van der Waals surface area (Å²) in [6.07, 6.45) is 3.84. The van der Waals surface area contributed by atoms with Crippen LogP contribution in [0, 0.1) is 0 Å². The molecule has 2 aromatic rings. The first-order chi connectivity index (χ1) is 8.79. The van der Waals surface area contributed by atoms with Gasteiger partial charge in [0, 0.05) is 17.0 Å². The van der Waals surface area contributed by atoms with Crippen molar-refractivity contribution in [3.05, 3.63) is 39.7 Å². The zero-order valence-corrected chi connectivity index (χ0v) is 10.5. The molecule has 1 aromatic heterocycles. The third-order valence-corrected chi connectivity index (χ3v) is 3.42. The number of ether oxygens (including phenoxy) is 1. The predicted molar refractivity (Wildman–Crippen MR) is 70.3 cm³/mol. The fourth-order valence-electron chi connectivity index (χ4n) is 2.57. The average Bonchev–Trinajstić information content (AvgIpc) is 2.86. The lowest BCUT2D eigenvalue weighted by atomic mass is 10.1. The van der Waals surface area contributed by atoms with E-state index in [0.717, 1.165) is 42.4 Å². The van der Waals surface area contributed by atoms with Crippen molar-refractivity contribution in [1.82, 2.24) is 0 Å². The van der Waals surface area contributed by atoms with Crippen molar-refractivity contribution in [3.63, 3.8) is 0 Å². The molecule has 0 spiro atoms. The van der Waals surface area contributed by atoms with Crippen LogP contribution in [0.25, 0.3) is 11.0 Å². The van der Waals surface area contributed by atoms with Crippen LogP contribution in [0.2, 0.25) is 0 Å². The smallest absolute Gasteiger partial charge is 0.339 e. The lowest BCUT2D eigenvalue weighted by molar-refractivity contribution is 0.317. The number of aryl methyl sites for hydroxylation is 1. The predicted octanol–water partition coefficient (Wildman–Crippen LogP) is 3.07. The molecule has 3 heteroatoms. The molecular formula is C15H16O3. The zero-order chi connectivity index (χ0) is 12.5. The first-order valence-electron chi connectivity index (χ1n) is 6.51. The maximum absolute atomic E-state index is 11.8. The highest BCUT2D eigenvalue weighted by atomic mass is 16.5. The fraction of sp³-hybridized carbons (Fsp3) is 0.400. The van der Waals surface area contributed by atoms with Crippen molar-refractivity contribution >= 4 is 11.0 Å². The molecule has 0 amide bonds. The number of hydrogen-bond acceptors (Lipinski definition) is 3. The summed E-state index contributed by atoms with van der Waals surface area (Å²) in [6.45, 7) is 2.74. The summed E-state index contributed by atoms with van der Waals surface area (Å²) in [4.78, 5) is 11.8. The van der Waals surface area contributed by atoms with E-state index in [-0.39, 0.29) is 5.63 Å². The minimum Gasteiger partial charge on any atom is -0.493 e. The van der Waals surface area contributed by atoms with Crippen LogP contribution in [0.4, 0.5) is 0 Å². The second kappa shape index (κ2) is 4.48. The first kappa shape index (κ1) is 11.3. The highest BCUT2D eigenvalue weighted by Crippen LogP contribution is 2.29. The highest BCUT2D eigenvalue weighted by molar-refractivity contribution is 5.83. The quantitative estimate of drug-likeness (QED) is 0.779. The van der Waals surface area contributed by atoms with Gasteiger partial charge in [0.05, 0.1) is 6.61 Å². The molecule has 1 aliphatic carbocycles. The third kappa shape index (κ3) is 1.80. The van der Waals surface area contributed by atoms with E-state index in [1.165, 1.54) is 5.56 Å². The standard InChI is InChI=1S/C15H16O3/c1-2-8-17-10-6-7-12-11-4-3-5-13(11)15(16)18-14(12)9-10/h6-7,9H,2-5,8H2,1H3. The molecule has 0 fully saturated rings. The van der Waals surface area contributed by atoms with Crippen molar-refractivity contribution in [3.8, 4) is 5.75 Å². The second-order valence-electron chi connectivity index (χ2n) is 4.71. The molecule has 0 radical (unpaired) electrons. The van der Waals surface area contributed by atoms with E-state index < -0.39 is 0 Å². The van der Waals surface area contributed by atoms with Crippen LogP contribution < -0.4 is 10.4 Å². The average molecular weight is 244 g/mol. The number of benzene rings is 1. The maximum atomic E-state index is 11.8. The second-order valence-corrected chi connectivity index (χ2v) is 4.71. The molecule has 0 bridgehead atoms. The molecule has 3 nitrogen and oxygen atoms in total. The molecule has 1 heterocycles. The van der Waals surface area contributed by atoms with Crippen LogP contribution in [0.5, 0.6) is 5.75 Å². The number of fused-ring (bicyclic) bond motifs is 3. The minimum absolute atomic E-state index is 0.178. The van der Waals surface area contributed by atoms with E-state index >= 15 is 0 Å². The van der Waals surface area contributed by atoms with E-state index in [2.05, 4.69) is 6.92 Å². The summed E-state index contributed by atoms with van der Waals surface area (Å²) >= 11 is 0. The Labute approximate surface area is 105 Å². The van der Waals surface area contributed by atoms with Gasteiger partial charge in [0.15, 0.2) is 0 Å². The van der Waals surface area contributed by atoms with Crippen molar-refractivity contribution in [2.24, 2.45) is 0 Å². The van der Waals surface area contributed by atoms with E-state index in [0.29, 0.717) is 12.2 Å². The summed E-state index contributed by atoms with van der Waals surface area (Å²) in [5.74, 6) is 0.769. The molecule has 0 N–H and O–H groups in total.